The second-order valence-corrected chi connectivity index (χ2v) is 7.01. The monoisotopic (exact) mass is 445 g/mol. The van der Waals surface area contributed by atoms with E-state index >= 15 is 0 Å². The van der Waals surface area contributed by atoms with Crippen LogP contribution in [-0.4, -0.2) is 63.3 Å². The van der Waals surface area contributed by atoms with Gasteiger partial charge in [-0.1, -0.05) is 0 Å². The summed E-state index contributed by atoms with van der Waals surface area (Å²) in [6.07, 6.45) is -7.29. The Morgan fingerprint density at radius 2 is 2.00 bits per heavy atom. The molecule has 2 heterocycles. The molecule has 2 atom stereocenters. The molecule has 0 radical (unpaired) electrons. The van der Waals surface area contributed by atoms with E-state index in [0.29, 0.717) is 0 Å². The number of piperidine rings is 1. The summed E-state index contributed by atoms with van der Waals surface area (Å²) in [5.74, 6) is -0.425. The first kappa shape index (κ1) is 22.3. The summed E-state index contributed by atoms with van der Waals surface area (Å²) >= 11 is 0. The van der Waals surface area contributed by atoms with Crippen molar-refractivity contribution >= 4 is 11.9 Å². The van der Waals surface area contributed by atoms with E-state index in [1.54, 1.807) is 0 Å². The maximum absolute atomic E-state index is 13.9. The number of amides is 1. The molecular formula is C18H19F4N5O4. The van der Waals surface area contributed by atoms with E-state index in [0.717, 1.165) is 27.7 Å². The van der Waals surface area contributed by atoms with E-state index < -0.39 is 35.6 Å². The van der Waals surface area contributed by atoms with Crippen LogP contribution in [0, 0.1) is 0 Å². The number of carbonyl (C=O) groups is 1. The first-order chi connectivity index (χ1) is 14.5. The number of nitrogens with one attached hydrogen (secondary N) is 1. The minimum Gasteiger partial charge on any atom is -0.496 e. The molecule has 1 amide bonds. The molecule has 1 aromatic heterocycles. The Morgan fingerprint density at radius 3 is 2.61 bits per heavy atom. The molecule has 3 rings (SSSR count). The van der Waals surface area contributed by atoms with Crippen LogP contribution in [0.5, 0.6) is 5.75 Å². The molecule has 9 nitrogen and oxygen atoms in total. The van der Waals surface area contributed by atoms with Crippen LogP contribution in [-0.2, 0) is 13.2 Å². The summed E-state index contributed by atoms with van der Waals surface area (Å²) in [4.78, 5) is 24.7. The Labute approximate surface area is 173 Å². The molecule has 31 heavy (non-hydrogen) atoms. The van der Waals surface area contributed by atoms with Crippen molar-refractivity contribution in [3.63, 3.8) is 0 Å². The smallest absolute Gasteiger partial charge is 0.416 e. The number of likely N-dealkylation sites (tertiary alicyclic amines) is 1. The molecule has 168 valence electrons. The van der Waals surface area contributed by atoms with E-state index in [1.807, 2.05) is 0 Å². The molecule has 2 aromatic rings. The van der Waals surface area contributed by atoms with Crippen molar-refractivity contribution in [2.75, 3.05) is 25.5 Å². The molecular weight excluding hydrogens is 426 g/mol. The number of benzene rings is 1. The maximum atomic E-state index is 13.9. The van der Waals surface area contributed by atoms with Gasteiger partial charge >= 0.3 is 12.3 Å². The molecule has 1 saturated heterocycles. The average molecular weight is 445 g/mol. The standard InChI is InChI=1S/C18H19F4N5O4/c1-26-15(12-4-3-9(18(20,21)22)5-13(12)31-2)25-24-14(16(26)28)23-11-6-10(19)7-27(8-11)17(29)30/h3-5,10-11H,6-8H2,1-2H3,(H,23,24)(H,29,30)/t10-,11+/m0/s1. The minimum absolute atomic E-state index is 0.0247. The third kappa shape index (κ3) is 4.70. The lowest BCUT2D eigenvalue weighted by Crippen LogP contribution is -2.50. The molecule has 1 aromatic carbocycles. The summed E-state index contributed by atoms with van der Waals surface area (Å²) in [5, 5.41) is 19.5. The largest absolute Gasteiger partial charge is 0.496 e. The van der Waals surface area contributed by atoms with Gasteiger partial charge in [-0.25, -0.2) is 9.18 Å². The Bertz CT molecular complexity index is 1040. The highest BCUT2D eigenvalue weighted by atomic mass is 19.4. The van der Waals surface area contributed by atoms with Crippen LogP contribution in [0.1, 0.15) is 12.0 Å². The van der Waals surface area contributed by atoms with Crippen molar-refractivity contribution in [1.82, 2.24) is 19.7 Å². The molecule has 0 aliphatic carbocycles. The molecule has 1 aliphatic heterocycles. The van der Waals surface area contributed by atoms with Crippen LogP contribution in [0.4, 0.5) is 28.2 Å². The van der Waals surface area contributed by atoms with E-state index in [4.69, 9.17) is 9.84 Å². The number of alkyl halides is 4. The normalized spacial score (nSPS) is 19.2. The van der Waals surface area contributed by atoms with Gasteiger partial charge in [0.05, 0.1) is 24.8 Å². The third-order valence-corrected chi connectivity index (χ3v) is 4.85. The summed E-state index contributed by atoms with van der Waals surface area (Å²) in [6, 6.07) is 2.04. The highest BCUT2D eigenvalue weighted by molar-refractivity contribution is 5.66. The molecule has 2 N–H and O–H groups in total. The van der Waals surface area contributed by atoms with Crippen molar-refractivity contribution in [3.05, 3.63) is 34.1 Å². The number of hydrogen-bond acceptors (Lipinski definition) is 6. The summed E-state index contributed by atoms with van der Waals surface area (Å²) in [6.45, 7) is -0.307. The maximum Gasteiger partial charge on any atom is 0.416 e. The van der Waals surface area contributed by atoms with Gasteiger partial charge in [0.25, 0.3) is 5.56 Å². The lowest BCUT2D eigenvalue weighted by atomic mass is 10.0. The molecule has 0 spiro atoms. The molecule has 13 heteroatoms. The summed E-state index contributed by atoms with van der Waals surface area (Å²) in [5.41, 5.74) is -1.48. The molecule has 1 aliphatic rings. The fourth-order valence-corrected chi connectivity index (χ4v) is 3.33. The van der Waals surface area contributed by atoms with Gasteiger partial charge < -0.3 is 20.1 Å². The Kier molecular flexibility index (Phi) is 6.04. The third-order valence-electron chi connectivity index (χ3n) is 4.85. The number of methoxy groups -OCH3 is 1. The molecule has 0 unspecified atom stereocenters. The van der Waals surface area contributed by atoms with E-state index in [9.17, 15) is 27.2 Å². The van der Waals surface area contributed by atoms with Crippen LogP contribution in [0.25, 0.3) is 11.4 Å². The van der Waals surface area contributed by atoms with Crippen molar-refractivity contribution in [2.24, 2.45) is 7.05 Å². The van der Waals surface area contributed by atoms with Gasteiger partial charge in [-0.3, -0.25) is 9.36 Å². The number of rotatable bonds is 4. The quantitative estimate of drug-likeness (QED) is 0.696. The van der Waals surface area contributed by atoms with Crippen molar-refractivity contribution in [3.8, 4) is 17.1 Å². The van der Waals surface area contributed by atoms with E-state index in [-0.39, 0.29) is 42.5 Å². The van der Waals surface area contributed by atoms with Gasteiger partial charge in [0.2, 0.25) is 5.82 Å². The number of ether oxygens (including phenoxy) is 1. The summed E-state index contributed by atoms with van der Waals surface area (Å²) in [7, 11) is 2.53. The predicted molar refractivity (Wildman–Crippen MR) is 101 cm³/mol. The van der Waals surface area contributed by atoms with Gasteiger partial charge in [0, 0.05) is 26.1 Å². The minimum atomic E-state index is -4.57. The van der Waals surface area contributed by atoms with Crippen LogP contribution >= 0.6 is 0 Å². The van der Waals surface area contributed by atoms with Crippen molar-refractivity contribution < 1.29 is 32.2 Å². The van der Waals surface area contributed by atoms with Crippen molar-refractivity contribution in [1.29, 1.82) is 0 Å². The number of nitrogens with zero attached hydrogens (tertiary/aromatic N) is 4. The predicted octanol–water partition coefficient (Wildman–Crippen LogP) is 2.37. The first-order valence-corrected chi connectivity index (χ1v) is 9.09. The highest BCUT2D eigenvalue weighted by Crippen LogP contribution is 2.36. The first-order valence-electron chi connectivity index (χ1n) is 9.09. The fourth-order valence-electron chi connectivity index (χ4n) is 3.33. The number of halogens is 4. The molecule has 0 bridgehead atoms. The topological polar surface area (TPSA) is 110 Å². The van der Waals surface area contributed by atoms with E-state index in [1.165, 1.54) is 14.2 Å². The fraction of sp³-hybridized carbons (Fsp3) is 0.444. The number of aromatic nitrogens is 3. The zero-order chi connectivity index (χ0) is 22.9. The van der Waals surface area contributed by atoms with Gasteiger partial charge in [-0.15, -0.1) is 10.2 Å². The Hall–Kier alpha value is -3.38. The number of carboxylic acid groups (broad SMARTS) is 1. The van der Waals surface area contributed by atoms with Gasteiger partial charge in [-0.05, 0) is 18.2 Å². The van der Waals surface area contributed by atoms with Crippen LogP contribution in [0.3, 0.4) is 0 Å². The van der Waals surface area contributed by atoms with Crippen LogP contribution in [0.2, 0.25) is 0 Å². The SMILES string of the molecule is COc1cc(C(F)(F)F)ccc1-c1nnc(N[C@@H]2C[C@H](F)CN(C(=O)O)C2)c(=O)n1C. The van der Waals surface area contributed by atoms with Crippen molar-refractivity contribution in [2.45, 2.75) is 24.8 Å². The van der Waals surface area contributed by atoms with Gasteiger partial charge in [0.15, 0.2) is 5.82 Å². The zero-order valence-electron chi connectivity index (χ0n) is 16.5. The highest BCUT2D eigenvalue weighted by Gasteiger charge is 2.32. The zero-order valence-corrected chi connectivity index (χ0v) is 16.5. The second kappa shape index (κ2) is 8.40. The molecule has 0 saturated carbocycles. The lowest BCUT2D eigenvalue weighted by molar-refractivity contribution is -0.137. The van der Waals surface area contributed by atoms with Gasteiger partial charge in [0.1, 0.15) is 11.9 Å². The Balaban J connectivity index is 1.91. The Morgan fingerprint density at radius 1 is 1.29 bits per heavy atom. The number of anilines is 1. The number of hydrogen-bond donors (Lipinski definition) is 2. The van der Waals surface area contributed by atoms with Crippen LogP contribution < -0.4 is 15.6 Å². The van der Waals surface area contributed by atoms with Crippen LogP contribution in [0.15, 0.2) is 23.0 Å². The van der Waals surface area contributed by atoms with Gasteiger partial charge in [-0.2, -0.15) is 13.2 Å². The summed E-state index contributed by atoms with van der Waals surface area (Å²) < 4.78 is 58.8. The average Bonchev–Trinajstić information content (AvgIpc) is 2.70. The lowest BCUT2D eigenvalue weighted by Gasteiger charge is -2.33. The van der Waals surface area contributed by atoms with E-state index in [2.05, 4.69) is 15.5 Å². The second-order valence-electron chi connectivity index (χ2n) is 7.01. The molecule has 1 fully saturated rings.